The lowest BCUT2D eigenvalue weighted by atomic mass is 10.1. The number of aliphatic hydroxyl groups excluding tert-OH is 1. The zero-order valence-corrected chi connectivity index (χ0v) is 17.2. The third kappa shape index (κ3) is 13.3. The zero-order chi connectivity index (χ0) is 20.5. The van der Waals surface area contributed by atoms with E-state index in [0.717, 1.165) is 31.6 Å². The molecule has 0 aliphatic rings. The number of unbranched alkanes of at least 4 members (excludes halogenated alkanes) is 7. The Labute approximate surface area is 169 Å². The van der Waals surface area contributed by atoms with Gasteiger partial charge in [-0.05, 0) is 31.9 Å². The third-order valence-electron chi connectivity index (χ3n) is 4.26. The van der Waals surface area contributed by atoms with E-state index in [9.17, 15) is 9.90 Å². The van der Waals surface area contributed by atoms with Crippen molar-refractivity contribution in [2.24, 2.45) is 0 Å². The minimum absolute atomic E-state index is 0.0535. The van der Waals surface area contributed by atoms with E-state index in [0.29, 0.717) is 12.2 Å². The van der Waals surface area contributed by atoms with E-state index in [1.54, 1.807) is 6.92 Å². The summed E-state index contributed by atoms with van der Waals surface area (Å²) in [4.78, 5) is 11.2. The number of hydrogen-bond donors (Lipinski definition) is 1. The quantitative estimate of drug-likeness (QED) is 0.237. The van der Waals surface area contributed by atoms with Crippen LogP contribution in [0, 0.1) is 0 Å². The fourth-order valence-corrected chi connectivity index (χ4v) is 2.64. The average Bonchev–Trinajstić information content (AvgIpc) is 2.70. The molecule has 1 N–H and O–H groups in total. The minimum Gasteiger partial charge on any atom is -0.494 e. The van der Waals surface area contributed by atoms with Gasteiger partial charge in [0.05, 0.1) is 13.2 Å². The van der Waals surface area contributed by atoms with Crippen molar-refractivity contribution in [2.45, 2.75) is 64.4 Å². The minimum atomic E-state index is -0.783. The summed E-state index contributed by atoms with van der Waals surface area (Å²) in [6.07, 6.45) is 8.64. The second kappa shape index (κ2) is 16.1. The van der Waals surface area contributed by atoms with E-state index < -0.39 is 12.1 Å². The highest BCUT2D eigenvalue weighted by Gasteiger charge is 2.09. The Balaban J connectivity index is 1.79. The lowest BCUT2D eigenvalue weighted by molar-refractivity contribution is -0.143. The Kier molecular flexibility index (Phi) is 13.9. The molecule has 1 aromatic carbocycles. The summed E-state index contributed by atoms with van der Waals surface area (Å²) in [5.41, 5.74) is 0.327. The smallest absolute Gasteiger partial charge is 0.333 e. The second-order valence-corrected chi connectivity index (χ2v) is 7.10. The first-order valence-electron chi connectivity index (χ1n) is 10.4. The summed E-state index contributed by atoms with van der Waals surface area (Å²) in [5.74, 6) is 0.466. The number of hydrogen-bond acceptors (Lipinski definition) is 5. The number of esters is 1. The highest BCUT2D eigenvalue weighted by atomic mass is 16.5. The van der Waals surface area contributed by atoms with E-state index in [1.807, 2.05) is 30.3 Å². The number of ether oxygens (including phenoxy) is 3. The molecule has 0 spiro atoms. The summed E-state index contributed by atoms with van der Waals surface area (Å²) in [5, 5.41) is 9.67. The zero-order valence-electron chi connectivity index (χ0n) is 17.2. The lowest BCUT2D eigenvalue weighted by Gasteiger charge is -2.11. The van der Waals surface area contributed by atoms with Gasteiger partial charge in [0, 0.05) is 12.2 Å². The first kappa shape index (κ1) is 24.2. The third-order valence-corrected chi connectivity index (χ3v) is 4.26. The van der Waals surface area contributed by atoms with Crippen molar-refractivity contribution >= 4 is 5.97 Å². The molecule has 0 fully saturated rings. The van der Waals surface area contributed by atoms with Crippen LogP contribution in [0.4, 0.5) is 0 Å². The van der Waals surface area contributed by atoms with Gasteiger partial charge in [0.25, 0.3) is 0 Å². The van der Waals surface area contributed by atoms with Gasteiger partial charge in [-0.1, -0.05) is 63.3 Å². The van der Waals surface area contributed by atoms with Crippen LogP contribution in [0.1, 0.15) is 58.3 Å². The van der Waals surface area contributed by atoms with Gasteiger partial charge in [-0.2, -0.15) is 0 Å². The molecule has 0 aromatic heterocycles. The maximum Gasteiger partial charge on any atom is 0.333 e. The molecule has 0 saturated carbocycles. The van der Waals surface area contributed by atoms with Crippen LogP contribution in [-0.4, -0.2) is 43.6 Å². The summed E-state index contributed by atoms with van der Waals surface area (Å²) >= 11 is 0. The molecule has 5 heteroatoms. The summed E-state index contributed by atoms with van der Waals surface area (Å²) < 4.78 is 16.0. The highest BCUT2D eigenvalue weighted by Crippen LogP contribution is 2.11. The molecular formula is C23H36O5. The van der Waals surface area contributed by atoms with Crippen molar-refractivity contribution in [3.05, 3.63) is 42.5 Å². The fourth-order valence-electron chi connectivity index (χ4n) is 2.64. The maximum absolute atomic E-state index is 11.2. The topological polar surface area (TPSA) is 65.0 Å². The first-order chi connectivity index (χ1) is 13.6. The predicted octanol–water partition coefficient (Wildman–Crippen LogP) is 4.68. The molecule has 1 unspecified atom stereocenters. The number of benzene rings is 1. The second-order valence-electron chi connectivity index (χ2n) is 7.10. The van der Waals surface area contributed by atoms with Gasteiger partial charge in [-0.15, -0.1) is 0 Å². The maximum atomic E-state index is 11.2. The van der Waals surface area contributed by atoms with Crippen molar-refractivity contribution < 1.29 is 24.1 Å². The van der Waals surface area contributed by atoms with Crippen LogP contribution < -0.4 is 4.74 Å². The molecule has 0 bridgehead atoms. The number of rotatable bonds is 17. The Morgan fingerprint density at radius 3 is 2.11 bits per heavy atom. The van der Waals surface area contributed by atoms with Crippen LogP contribution >= 0.6 is 0 Å². The SMILES string of the molecule is C=C(C)C(=O)OCC(O)COCCCCCCCCCCOc1ccccc1. The molecule has 5 nitrogen and oxygen atoms in total. The molecule has 0 aliphatic heterocycles. The van der Waals surface area contributed by atoms with Gasteiger partial charge in [-0.3, -0.25) is 0 Å². The highest BCUT2D eigenvalue weighted by molar-refractivity contribution is 5.86. The lowest BCUT2D eigenvalue weighted by Crippen LogP contribution is -2.24. The summed E-state index contributed by atoms with van der Waals surface area (Å²) in [6, 6.07) is 9.95. The van der Waals surface area contributed by atoms with Crippen molar-refractivity contribution in [3.8, 4) is 5.75 Å². The Bertz CT molecular complexity index is 529. The molecule has 0 amide bonds. The van der Waals surface area contributed by atoms with E-state index in [-0.39, 0.29) is 13.2 Å². The van der Waals surface area contributed by atoms with E-state index in [4.69, 9.17) is 14.2 Å². The fraction of sp³-hybridized carbons (Fsp3) is 0.609. The molecule has 1 atom stereocenters. The van der Waals surface area contributed by atoms with Gasteiger partial charge < -0.3 is 19.3 Å². The molecule has 1 aromatic rings. The molecular weight excluding hydrogens is 356 g/mol. The molecule has 0 aliphatic carbocycles. The number of carbonyl (C=O) groups excluding carboxylic acids is 1. The normalized spacial score (nSPS) is 11.8. The summed E-state index contributed by atoms with van der Waals surface area (Å²) in [7, 11) is 0. The van der Waals surface area contributed by atoms with Gasteiger partial charge in [-0.25, -0.2) is 4.79 Å². The van der Waals surface area contributed by atoms with Crippen LogP contribution in [0.2, 0.25) is 0 Å². The molecule has 158 valence electrons. The molecule has 0 heterocycles. The van der Waals surface area contributed by atoms with Crippen molar-refractivity contribution in [3.63, 3.8) is 0 Å². The van der Waals surface area contributed by atoms with Crippen LogP contribution in [0.15, 0.2) is 42.5 Å². The van der Waals surface area contributed by atoms with Crippen molar-refractivity contribution in [1.29, 1.82) is 0 Å². The van der Waals surface area contributed by atoms with Crippen LogP contribution in [0.3, 0.4) is 0 Å². The number of para-hydroxylation sites is 1. The standard InChI is InChI=1S/C23H36O5/c1-20(2)23(25)28-19-21(24)18-26-16-12-7-5-3-4-6-8-13-17-27-22-14-10-9-11-15-22/h9-11,14-15,21,24H,1,3-8,12-13,16-19H2,2H3. The van der Waals surface area contributed by atoms with Gasteiger partial charge in [0.15, 0.2) is 0 Å². The monoisotopic (exact) mass is 392 g/mol. The Morgan fingerprint density at radius 2 is 1.50 bits per heavy atom. The van der Waals surface area contributed by atoms with Gasteiger partial charge in [0.2, 0.25) is 0 Å². The average molecular weight is 393 g/mol. The van der Waals surface area contributed by atoms with E-state index in [2.05, 4.69) is 6.58 Å². The van der Waals surface area contributed by atoms with Crippen LogP contribution in [-0.2, 0) is 14.3 Å². The number of aliphatic hydroxyl groups is 1. The Morgan fingerprint density at radius 1 is 0.929 bits per heavy atom. The van der Waals surface area contributed by atoms with Crippen molar-refractivity contribution in [1.82, 2.24) is 0 Å². The molecule has 0 saturated heterocycles. The van der Waals surface area contributed by atoms with E-state index in [1.165, 1.54) is 32.1 Å². The predicted molar refractivity (Wildman–Crippen MR) is 111 cm³/mol. The molecule has 0 radical (unpaired) electrons. The van der Waals surface area contributed by atoms with Crippen LogP contribution in [0.5, 0.6) is 5.75 Å². The summed E-state index contributed by atoms with van der Waals surface area (Å²) in [6.45, 7) is 6.62. The van der Waals surface area contributed by atoms with Gasteiger partial charge in [0.1, 0.15) is 18.5 Å². The molecule has 28 heavy (non-hydrogen) atoms. The van der Waals surface area contributed by atoms with E-state index >= 15 is 0 Å². The number of carbonyl (C=O) groups is 1. The van der Waals surface area contributed by atoms with Crippen molar-refractivity contribution in [2.75, 3.05) is 26.4 Å². The molecule has 1 rings (SSSR count). The van der Waals surface area contributed by atoms with Crippen LogP contribution in [0.25, 0.3) is 0 Å². The Hall–Kier alpha value is -1.85. The van der Waals surface area contributed by atoms with Gasteiger partial charge >= 0.3 is 5.97 Å². The largest absolute Gasteiger partial charge is 0.494 e. The first-order valence-corrected chi connectivity index (χ1v) is 10.4.